The third-order valence-electron chi connectivity index (χ3n) is 0. The second-order valence-corrected chi connectivity index (χ2v) is 4.44. The van der Waals surface area contributed by atoms with Gasteiger partial charge in [-0.15, -0.1) is 0 Å². The van der Waals surface area contributed by atoms with Gasteiger partial charge in [0.05, 0.1) is 0 Å². The molecule has 0 unspecified atom stereocenters. The number of aliphatic hydroxyl groups excluding tert-OH is 3. The molecule has 0 saturated heterocycles. The van der Waals surface area contributed by atoms with Crippen LogP contribution < -0.4 is 0 Å². The van der Waals surface area contributed by atoms with Crippen molar-refractivity contribution in [3.05, 3.63) is 12.8 Å². The fourth-order valence-corrected chi connectivity index (χ4v) is 0. The zero-order chi connectivity index (χ0) is 18.1. The summed E-state index contributed by atoms with van der Waals surface area (Å²) in [6.07, 6.45) is 3.50. The normalized spacial score (nSPS) is 7.50. The molecule has 5 heteroatoms. The first-order valence-corrected chi connectivity index (χ1v) is 7.76. The van der Waals surface area contributed by atoms with E-state index in [1.165, 1.54) is 0 Å². The van der Waals surface area contributed by atoms with Gasteiger partial charge in [0.1, 0.15) is 0 Å². The van der Waals surface area contributed by atoms with E-state index in [2.05, 4.69) is 0 Å². The maximum absolute atomic E-state index is 8.34. The molecule has 0 aliphatic carbocycles. The molecule has 0 aliphatic rings. The monoisotopic (exact) mass is 372 g/mol. The van der Waals surface area contributed by atoms with Gasteiger partial charge < -0.3 is 28.2 Å². The summed E-state index contributed by atoms with van der Waals surface area (Å²) in [6.45, 7) is 18.3. The number of aliphatic hydroxyl groups is 3. The van der Waals surface area contributed by atoms with Gasteiger partial charge in [-0.05, 0) is 41.5 Å². The summed E-state index contributed by atoms with van der Waals surface area (Å²) in [7, 11) is 0. The van der Waals surface area contributed by atoms with Crippen LogP contribution in [-0.4, -0.2) is 33.6 Å². The molecule has 0 amide bonds. The van der Waals surface area contributed by atoms with Gasteiger partial charge >= 0.3 is 27.5 Å². The number of rotatable bonds is 0. The molecule has 0 bridgehead atoms. The van der Waals surface area contributed by atoms with E-state index >= 15 is 0 Å². The van der Waals surface area contributed by atoms with Crippen molar-refractivity contribution in [2.24, 2.45) is 0 Å². The van der Waals surface area contributed by atoms with Crippen molar-refractivity contribution >= 4 is 0 Å². The Morgan fingerprint density at radius 1 is 0.600 bits per heavy atom. The van der Waals surface area contributed by atoms with Crippen LogP contribution >= 0.6 is 0 Å². The van der Waals surface area contributed by atoms with Crippen molar-refractivity contribution in [3.63, 3.8) is 0 Å². The van der Waals surface area contributed by atoms with Gasteiger partial charge in [-0.1, -0.05) is 0 Å². The number of hydrogen-bond donors (Lipinski definition) is 3. The molecule has 0 atom stereocenters. The van der Waals surface area contributed by atoms with Crippen LogP contribution in [0.3, 0.4) is 0 Å². The van der Waals surface area contributed by atoms with E-state index in [1.807, 2.05) is 40.5 Å². The van der Waals surface area contributed by atoms with Crippen LogP contribution in [-0.2, 0) is 27.5 Å². The summed E-state index contributed by atoms with van der Waals surface area (Å²) in [5.74, 6) is 0. The minimum atomic E-state index is -0.167. The third kappa shape index (κ3) is 18100. The van der Waals surface area contributed by atoms with Crippen molar-refractivity contribution < 1.29 is 42.9 Å². The predicted molar refractivity (Wildman–Crippen MR) is 84.0 cm³/mol. The Hall–Kier alpha value is 0.563. The van der Waals surface area contributed by atoms with E-state index in [0.29, 0.717) is 24.7 Å². The summed E-state index contributed by atoms with van der Waals surface area (Å²) in [5, 5.41) is 24.2. The SMILES string of the molecule is CC(C)O.CC(C)O.CC(C)O.C[CH-]C.C[CH-]C.[O]=[Zr+2]. The van der Waals surface area contributed by atoms with E-state index < -0.39 is 0 Å². The Morgan fingerprint density at radius 3 is 0.600 bits per heavy atom. The molecule has 0 heterocycles. The molecular weight excluding hydrogens is 335 g/mol. The van der Waals surface area contributed by atoms with Gasteiger partial charge in [0.15, 0.2) is 0 Å². The van der Waals surface area contributed by atoms with Gasteiger partial charge in [-0.2, -0.15) is 27.7 Å². The topological polar surface area (TPSA) is 77.8 Å². The predicted octanol–water partition coefficient (Wildman–Crippen LogP) is 3.50. The first-order valence-electron chi connectivity index (χ1n) is 6.75. The zero-order valence-electron chi connectivity index (χ0n) is 15.1. The van der Waals surface area contributed by atoms with E-state index in [0.717, 1.165) is 0 Å². The molecule has 0 aromatic heterocycles. The van der Waals surface area contributed by atoms with Crippen LogP contribution in [0.5, 0.6) is 0 Å². The Bertz CT molecular complexity index is 75.3. The second-order valence-electron chi connectivity index (χ2n) is 4.44. The number of hydrogen-bond acceptors (Lipinski definition) is 4. The summed E-state index contributed by atoms with van der Waals surface area (Å²) in [6, 6.07) is 0. The first-order chi connectivity index (χ1) is 9.02. The van der Waals surface area contributed by atoms with Crippen LogP contribution in [0, 0.1) is 12.8 Å². The van der Waals surface area contributed by atoms with Gasteiger partial charge in [-0.3, -0.25) is 0 Å². The summed E-state index contributed by atoms with van der Waals surface area (Å²) < 4.78 is 8.34. The zero-order valence-corrected chi connectivity index (χ0v) is 17.6. The van der Waals surface area contributed by atoms with E-state index in [9.17, 15) is 0 Å². The average molecular weight is 374 g/mol. The Labute approximate surface area is 143 Å². The molecule has 0 rings (SSSR count). The van der Waals surface area contributed by atoms with Gasteiger partial charge in [0.25, 0.3) is 0 Å². The van der Waals surface area contributed by atoms with Gasteiger partial charge in [-0.25, -0.2) is 0 Å². The molecule has 0 aromatic carbocycles. The fourth-order valence-electron chi connectivity index (χ4n) is 0. The van der Waals surface area contributed by atoms with Crippen molar-refractivity contribution in [3.8, 4) is 0 Å². The Balaban J connectivity index is -0.0000000299. The summed E-state index contributed by atoms with van der Waals surface area (Å²) in [4.78, 5) is 0. The quantitative estimate of drug-likeness (QED) is 0.568. The van der Waals surface area contributed by atoms with Crippen LogP contribution in [0.1, 0.15) is 69.2 Å². The Morgan fingerprint density at radius 2 is 0.600 bits per heavy atom. The van der Waals surface area contributed by atoms with Crippen molar-refractivity contribution in [2.75, 3.05) is 0 Å². The molecule has 126 valence electrons. The summed E-state index contributed by atoms with van der Waals surface area (Å²) >= 11 is 0.300. The van der Waals surface area contributed by atoms with Crippen LogP contribution in [0.15, 0.2) is 0 Å². The molecule has 3 N–H and O–H groups in total. The molecular formula is C15H38O4Zr. The first kappa shape index (κ1) is 37.1. The molecule has 0 aromatic rings. The fraction of sp³-hybridized carbons (Fsp3) is 0.867. The summed E-state index contributed by atoms with van der Waals surface area (Å²) in [5.41, 5.74) is 0. The molecule has 0 aliphatic heterocycles. The molecule has 0 radical (unpaired) electrons. The molecule has 0 saturated carbocycles. The van der Waals surface area contributed by atoms with Gasteiger partial charge in [0, 0.05) is 18.3 Å². The molecule has 20 heavy (non-hydrogen) atoms. The van der Waals surface area contributed by atoms with Crippen LogP contribution in [0.4, 0.5) is 0 Å². The second kappa shape index (κ2) is 50.4. The molecule has 0 spiro atoms. The van der Waals surface area contributed by atoms with Crippen molar-refractivity contribution in [1.29, 1.82) is 0 Å². The maximum atomic E-state index is 8.34. The minimum absolute atomic E-state index is 0.167. The van der Waals surface area contributed by atoms with Crippen molar-refractivity contribution in [2.45, 2.75) is 87.5 Å². The average Bonchev–Trinajstić information content (AvgIpc) is 2.19. The van der Waals surface area contributed by atoms with Crippen LogP contribution in [0.2, 0.25) is 0 Å². The molecule has 4 nitrogen and oxygen atoms in total. The van der Waals surface area contributed by atoms with Crippen LogP contribution in [0.25, 0.3) is 0 Å². The van der Waals surface area contributed by atoms with E-state index in [4.69, 9.17) is 18.1 Å². The van der Waals surface area contributed by atoms with E-state index in [-0.39, 0.29) is 18.3 Å². The third-order valence-corrected chi connectivity index (χ3v) is 0. The Kier molecular flexibility index (Phi) is 93.5. The van der Waals surface area contributed by atoms with E-state index in [1.54, 1.807) is 41.5 Å². The molecule has 0 fully saturated rings. The van der Waals surface area contributed by atoms with Gasteiger partial charge in [0.2, 0.25) is 0 Å². The standard InChI is InChI=1S/3C3H8O.2C3H7.O.Zr/c3*1-3(2)4;2*1-3-2;;/h3*3-4H,1-2H3;2*3H,1-2H3;;/q;;;2*-1;;+2. The van der Waals surface area contributed by atoms with Crippen molar-refractivity contribution in [1.82, 2.24) is 0 Å².